The monoisotopic (exact) mass is 371 g/mol. The molecule has 0 aromatic carbocycles. The molecule has 2 heterocycles. The van der Waals surface area contributed by atoms with Crippen LogP contribution in [0.15, 0.2) is 29.4 Å². The van der Waals surface area contributed by atoms with Gasteiger partial charge in [0.15, 0.2) is 12.2 Å². The number of hydroxylamine groups is 2. The Hall–Kier alpha value is -2.43. The molecule has 2 aliphatic heterocycles. The Bertz CT molecular complexity index is 611. The lowest BCUT2D eigenvalue weighted by Gasteiger charge is -2.28. The lowest BCUT2D eigenvalue weighted by atomic mass is 10.1. The van der Waals surface area contributed by atoms with Crippen molar-refractivity contribution in [2.75, 3.05) is 13.7 Å². The van der Waals surface area contributed by atoms with Crippen molar-refractivity contribution in [2.24, 2.45) is 4.99 Å². The van der Waals surface area contributed by atoms with Crippen molar-refractivity contribution in [3.8, 4) is 0 Å². The number of rotatable bonds is 5. The van der Waals surface area contributed by atoms with Crippen LogP contribution in [0, 0.1) is 0 Å². The van der Waals surface area contributed by atoms with Crippen LogP contribution in [0.1, 0.15) is 20.8 Å². The first-order valence-corrected chi connectivity index (χ1v) is 7.77. The quantitative estimate of drug-likeness (QED) is 0.477. The third-order valence-electron chi connectivity index (χ3n) is 3.73. The molecule has 26 heavy (non-hydrogen) atoms. The highest BCUT2D eigenvalue weighted by Crippen LogP contribution is 2.27. The molecule has 2 aliphatic rings. The molecule has 10 heteroatoms. The molecule has 3 atom stereocenters. The summed E-state index contributed by atoms with van der Waals surface area (Å²) in [5.41, 5.74) is 0.928. The first-order chi connectivity index (χ1) is 11.9. The van der Waals surface area contributed by atoms with Crippen LogP contribution < -0.4 is 0 Å². The number of aliphatic hydroxyl groups excluding tert-OH is 2. The third kappa shape index (κ3) is 5.04. The second-order valence-corrected chi connectivity index (χ2v) is 6.47. The molecule has 0 radical (unpaired) electrons. The van der Waals surface area contributed by atoms with Crippen molar-refractivity contribution in [2.45, 2.75) is 44.6 Å². The summed E-state index contributed by atoms with van der Waals surface area (Å²) in [6.45, 7) is 11.0. The van der Waals surface area contributed by atoms with Gasteiger partial charge in [0.2, 0.25) is 5.96 Å². The Morgan fingerprint density at radius 3 is 2.19 bits per heavy atom. The van der Waals surface area contributed by atoms with Gasteiger partial charge in [-0.1, -0.05) is 12.2 Å². The SMILES string of the molecule is C=C(C)[C@@H]1CN2C=CC(C)(C)N=C2N1OC.O=C(O)C(O)C(O)C(=O)O. The fraction of sp³-hybridized carbons (Fsp3) is 0.562. The highest BCUT2D eigenvalue weighted by molar-refractivity contribution is 5.84. The molecule has 0 amide bonds. The summed E-state index contributed by atoms with van der Waals surface area (Å²) in [7, 11) is 1.67. The molecule has 0 saturated carbocycles. The van der Waals surface area contributed by atoms with Gasteiger partial charge in [-0.2, -0.15) is 0 Å². The molecule has 10 nitrogen and oxygen atoms in total. The zero-order chi connectivity index (χ0) is 20.2. The molecule has 0 aromatic rings. The average molecular weight is 371 g/mol. The summed E-state index contributed by atoms with van der Waals surface area (Å²) in [6.07, 6.45) is -0.349. The summed E-state index contributed by atoms with van der Waals surface area (Å²) < 4.78 is 0. The van der Waals surface area contributed by atoms with E-state index in [0.29, 0.717) is 0 Å². The first-order valence-electron chi connectivity index (χ1n) is 7.77. The van der Waals surface area contributed by atoms with Gasteiger partial charge < -0.3 is 25.3 Å². The topological polar surface area (TPSA) is 143 Å². The number of fused-ring (bicyclic) bond motifs is 1. The van der Waals surface area contributed by atoms with Gasteiger partial charge >= 0.3 is 11.9 Å². The van der Waals surface area contributed by atoms with Gasteiger partial charge in [-0.15, -0.1) is 0 Å². The lowest BCUT2D eigenvalue weighted by Crippen LogP contribution is -2.39. The van der Waals surface area contributed by atoms with E-state index in [9.17, 15) is 9.59 Å². The molecule has 0 spiro atoms. The predicted molar refractivity (Wildman–Crippen MR) is 92.1 cm³/mol. The van der Waals surface area contributed by atoms with Crippen molar-refractivity contribution in [3.63, 3.8) is 0 Å². The van der Waals surface area contributed by atoms with Crippen LogP contribution in [-0.4, -0.2) is 85.7 Å². The van der Waals surface area contributed by atoms with Gasteiger partial charge in [-0.3, -0.25) is 4.84 Å². The summed E-state index contributed by atoms with van der Waals surface area (Å²) >= 11 is 0. The second kappa shape index (κ2) is 8.30. The van der Waals surface area contributed by atoms with E-state index < -0.39 is 24.1 Å². The van der Waals surface area contributed by atoms with E-state index in [0.717, 1.165) is 18.1 Å². The number of hydrogen-bond acceptors (Lipinski definition) is 8. The minimum absolute atomic E-state index is 0.160. The number of hydrogen-bond donors (Lipinski definition) is 4. The molecule has 2 unspecified atom stereocenters. The van der Waals surface area contributed by atoms with Gasteiger partial charge in [0.1, 0.15) is 0 Å². The lowest BCUT2D eigenvalue weighted by molar-refractivity contribution is -0.165. The van der Waals surface area contributed by atoms with Crippen molar-refractivity contribution in [1.29, 1.82) is 0 Å². The minimum atomic E-state index is -2.27. The fourth-order valence-corrected chi connectivity index (χ4v) is 2.25. The molecule has 1 fully saturated rings. The summed E-state index contributed by atoms with van der Waals surface area (Å²) in [5, 5.41) is 34.4. The molecule has 0 aliphatic carbocycles. The number of carboxylic acids is 2. The maximum absolute atomic E-state index is 9.77. The number of guanidine groups is 1. The zero-order valence-electron chi connectivity index (χ0n) is 15.2. The Balaban J connectivity index is 0.000000294. The van der Waals surface area contributed by atoms with E-state index in [2.05, 4.69) is 42.6 Å². The standard InChI is InChI=1S/C12H19N3O.C4H6O6/c1-9(2)10-8-14-7-6-12(3,4)13-11(14)15(10)16-5;5-1(3(7)8)2(6)4(9)10/h6-7,10H,1,8H2,2-5H3;1-2,5-6H,(H,7,8)(H,9,10)/t10-;/m0./s1. The summed E-state index contributed by atoms with van der Waals surface area (Å²) in [4.78, 5) is 31.7. The molecule has 2 rings (SSSR count). The predicted octanol–water partition coefficient (Wildman–Crippen LogP) is -0.351. The van der Waals surface area contributed by atoms with Crippen molar-refractivity contribution < 1.29 is 34.9 Å². The minimum Gasteiger partial charge on any atom is -0.479 e. The fourth-order valence-electron chi connectivity index (χ4n) is 2.25. The van der Waals surface area contributed by atoms with Gasteiger partial charge in [0, 0.05) is 6.20 Å². The molecular formula is C16H25N3O7. The van der Waals surface area contributed by atoms with Crippen LogP contribution >= 0.6 is 0 Å². The molecule has 146 valence electrons. The van der Waals surface area contributed by atoms with E-state index in [4.69, 9.17) is 25.3 Å². The van der Waals surface area contributed by atoms with Crippen LogP contribution in [0.2, 0.25) is 0 Å². The maximum atomic E-state index is 9.77. The number of aliphatic imine (C=N–C) groups is 1. The Labute approximate surface area is 151 Å². The van der Waals surface area contributed by atoms with Crippen molar-refractivity contribution >= 4 is 17.9 Å². The first kappa shape index (κ1) is 21.6. The molecular weight excluding hydrogens is 346 g/mol. The highest BCUT2D eigenvalue weighted by atomic mass is 16.7. The number of aliphatic hydroxyl groups is 2. The maximum Gasteiger partial charge on any atom is 0.335 e. The number of carboxylic acid groups (broad SMARTS) is 2. The van der Waals surface area contributed by atoms with Crippen LogP contribution in [0.25, 0.3) is 0 Å². The van der Waals surface area contributed by atoms with Gasteiger partial charge in [0.05, 0.1) is 25.2 Å². The van der Waals surface area contributed by atoms with Crippen LogP contribution in [0.5, 0.6) is 0 Å². The van der Waals surface area contributed by atoms with Crippen LogP contribution in [-0.2, 0) is 14.4 Å². The van der Waals surface area contributed by atoms with E-state index >= 15 is 0 Å². The Kier molecular flexibility index (Phi) is 6.90. The molecule has 0 aromatic heterocycles. The number of nitrogens with zero attached hydrogens (tertiary/aromatic N) is 3. The van der Waals surface area contributed by atoms with E-state index in [-0.39, 0.29) is 11.6 Å². The van der Waals surface area contributed by atoms with Gasteiger partial charge in [-0.05, 0) is 26.8 Å². The molecule has 1 saturated heterocycles. The molecule has 4 N–H and O–H groups in total. The Morgan fingerprint density at radius 2 is 1.81 bits per heavy atom. The molecule has 0 bridgehead atoms. The van der Waals surface area contributed by atoms with Crippen LogP contribution in [0.3, 0.4) is 0 Å². The van der Waals surface area contributed by atoms with E-state index in [1.807, 2.05) is 12.0 Å². The zero-order valence-corrected chi connectivity index (χ0v) is 15.2. The van der Waals surface area contributed by atoms with Crippen molar-refractivity contribution in [3.05, 3.63) is 24.4 Å². The highest BCUT2D eigenvalue weighted by Gasteiger charge is 2.38. The van der Waals surface area contributed by atoms with Crippen molar-refractivity contribution in [1.82, 2.24) is 9.96 Å². The smallest absolute Gasteiger partial charge is 0.335 e. The van der Waals surface area contributed by atoms with E-state index in [1.54, 1.807) is 7.11 Å². The largest absolute Gasteiger partial charge is 0.479 e. The normalized spacial score (nSPS) is 22.5. The summed E-state index contributed by atoms with van der Waals surface area (Å²) in [5.74, 6) is -2.66. The van der Waals surface area contributed by atoms with Crippen LogP contribution in [0.4, 0.5) is 0 Å². The number of carbonyl (C=O) groups is 2. The second-order valence-electron chi connectivity index (χ2n) is 6.47. The third-order valence-corrected chi connectivity index (χ3v) is 3.73. The van der Waals surface area contributed by atoms with Gasteiger partial charge in [-0.25, -0.2) is 19.6 Å². The van der Waals surface area contributed by atoms with Gasteiger partial charge in [0.25, 0.3) is 0 Å². The summed E-state index contributed by atoms with van der Waals surface area (Å²) in [6, 6.07) is 0.183. The number of aliphatic carboxylic acids is 2. The van der Waals surface area contributed by atoms with E-state index in [1.165, 1.54) is 0 Å². The average Bonchev–Trinajstić information content (AvgIpc) is 2.90. The Morgan fingerprint density at radius 1 is 1.31 bits per heavy atom.